The lowest BCUT2D eigenvalue weighted by Crippen LogP contribution is -2.34. The van der Waals surface area contributed by atoms with Crippen LogP contribution >= 0.6 is 0 Å². The molecule has 0 aromatic heterocycles. The van der Waals surface area contributed by atoms with Crippen molar-refractivity contribution in [3.8, 4) is 5.75 Å². The zero-order valence-electron chi connectivity index (χ0n) is 11.6. The number of ether oxygens (including phenoxy) is 1. The van der Waals surface area contributed by atoms with Crippen LogP contribution in [0.5, 0.6) is 5.75 Å². The van der Waals surface area contributed by atoms with Crippen LogP contribution in [0.15, 0.2) is 42.5 Å². The van der Waals surface area contributed by atoms with Crippen LogP contribution in [0.3, 0.4) is 0 Å². The summed E-state index contributed by atoms with van der Waals surface area (Å²) in [4.78, 5) is 23.8. The number of carbonyl (C=O) groups excluding carboxylic acids is 2. The fraction of sp³-hybridized carbons (Fsp3) is 0.125. The van der Waals surface area contributed by atoms with Gasteiger partial charge in [-0.3, -0.25) is 10.1 Å². The molecule has 6 heteroatoms. The lowest BCUT2D eigenvalue weighted by molar-refractivity contribution is 0.0967. The van der Waals surface area contributed by atoms with E-state index in [-0.39, 0.29) is 0 Å². The van der Waals surface area contributed by atoms with Gasteiger partial charge >= 0.3 is 6.03 Å². The van der Waals surface area contributed by atoms with E-state index in [1.54, 1.807) is 18.2 Å². The van der Waals surface area contributed by atoms with Gasteiger partial charge in [0, 0.05) is 17.7 Å². The average Bonchev–Trinajstić information content (AvgIpc) is 2.97. The van der Waals surface area contributed by atoms with Crippen molar-refractivity contribution in [3.63, 3.8) is 0 Å². The van der Waals surface area contributed by atoms with Crippen molar-refractivity contribution in [2.45, 2.75) is 6.42 Å². The number of imide groups is 1. The van der Waals surface area contributed by atoms with Gasteiger partial charge in [0.1, 0.15) is 11.6 Å². The summed E-state index contributed by atoms with van der Waals surface area (Å²) in [5.41, 5.74) is 1.74. The lowest BCUT2D eigenvalue weighted by Gasteiger charge is -2.07. The van der Waals surface area contributed by atoms with Crippen molar-refractivity contribution < 1.29 is 18.7 Å². The summed E-state index contributed by atoms with van der Waals surface area (Å²) in [7, 11) is 0. The highest BCUT2D eigenvalue weighted by Crippen LogP contribution is 2.25. The number of hydrogen-bond acceptors (Lipinski definition) is 3. The molecular weight excluding hydrogens is 287 g/mol. The largest absolute Gasteiger partial charge is 0.493 e. The third-order valence-electron chi connectivity index (χ3n) is 3.28. The summed E-state index contributed by atoms with van der Waals surface area (Å²) in [6.45, 7) is 0.603. The monoisotopic (exact) mass is 300 g/mol. The predicted octanol–water partition coefficient (Wildman–Crippen LogP) is 2.72. The number of hydrogen-bond donors (Lipinski definition) is 2. The summed E-state index contributed by atoms with van der Waals surface area (Å²) in [6, 6.07) is 9.62. The zero-order chi connectivity index (χ0) is 15.5. The van der Waals surface area contributed by atoms with Gasteiger partial charge in [0.2, 0.25) is 0 Å². The van der Waals surface area contributed by atoms with Crippen LogP contribution in [0.25, 0.3) is 0 Å². The number of anilines is 1. The molecule has 3 amide bonds. The standard InChI is InChI=1S/C16H13FN2O3/c17-12-2-4-13(5-3-12)18-16(21)19-15(20)11-1-6-14-10(9-11)7-8-22-14/h1-6,9H,7-8H2,(H2,18,19,20,21). The maximum atomic E-state index is 12.8. The van der Waals surface area contributed by atoms with E-state index in [1.807, 2.05) is 0 Å². The van der Waals surface area contributed by atoms with Gasteiger partial charge in [0.25, 0.3) is 5.91 Å². The molecule has 1 heterocycles. The molecule has 3 rings (SSSR count). The van der Waals surface area contributed by atoms with E-state index in [4.69, 9.17) is 4.74 Å². The zero-order valence-corrected chi connectivity index (χ0v) is 11.6. The molecule has 0 saturated carbocycles. The second-order valence-corrected chi connectivity index (χ2v) is 4.84. The average molecular weight is 300 g/mol. The first-order chi connectivity index (χ1) is 10.6. The minimum Gasteiger partial charge on any atom is -0.493 e. The fourth-order valence-electron chi connectivity index (χ4n) is 2.20. The molecule has 2 aromatic rings. The molecule has 1 aliphatic rings. The van der Waals surface area contributed by atoms with Crippen molar-refractivity contribution in [3.05, 3.63) is 59.4 Å². The van der Waals surface area contributed by atoms with E-state index < -0.39 is 17.8 Å². The van der Waals surface area contributed by atoms with Gasteiger partial charge in [-0.2, -0.15) is 0 Å². The van der Waals surface area contributed by atoms with E-state index in [0.717, 1.165) is 17.7 Å². The van der Waals surface area contributed by atoms with Crippen LogP contribution < -0.4 is 15.4 Å². The molecule has 1 aliphatic heterocycles. The Morgan fingerprint density at radius 1 is 1.09 bits per heavy atom. The molecular formula is C16H13FN2O3. The van der Waals surface area contributed by atoms with Crippen molar-refractivity contribution in [2.75, 3.05) is 11.9 Å². The first kappa shape index (κ1) is 14.1. The van der Waals surface area contributed by atoms with E-state index >= 15 is 0 Å². The number of carbonyl (C=O) groups is 2. The Balaban J connectivity index is 1.63. The summed E-state index contributed by atoms with van der Waals surface area (Å²) in [6.07, 6.45) is 0.748. The van der Waals surface area contributed by atoms with Gasteiger partial charge in [0.05, 0.1) is 6.61 Å². The van der Waals surface area contributed by atoms with Gasteiger partial charge in [-0.1, -0.05) is 0 Å². The first-order valence-corrected chi connectivity index (χ1v) is 6.75. The molecule has 0 aliphatic carbocycles. The summed E-state index contributed by atoms with van der Waals surface area (Å²) < 4.78 is 18.1. The Kier molecular flexibility index (Phi) is 3.74. The predicted molar refractivity (Wildman–Crippen MR) is 78.5 cm³/mol. The molecule has 112 valence electrons. The molecule has 2 aromatic carbocycles. The van der Waals surface area contributed by atoms with Gasteiger partial charge < -0.3 is 10.1 Å². The summed E-state index contributed by atoms with van der Waals surface area (Å²) >= 11 is 0. The first-order valence-electron chi connectivity index (χ1n) is 6.75. The Hall–Kier alpha value is -2.89. The van der Waals surface area contributed by atoms with E-state index in [1.165, 1.54) is 24.3 Å². The highest BCUT2D eigenvalue weighted by Gasteiger charge is 2.16. The minimum atomic E-state index is -0.673. The number of benzene rings is 2. The van der Waals surface area contributed by atoms with Gasteiger partial charge in [-0.05, 0) is 48.0 Å². The minimum absolute atomic E-state index is 0.388. The molecule has 0 bridgehead atoms. The van der Waals surface area contributed by atoms with Gasteiger partial charge in [-0.15, -0.1) is 0 Å². The van der Waals surface area contributed by atoms with E-state index in [0.29, 0.717) is 17.9 Å². The fourth-order valence-corrected chi connectivity index (χ4v) is 2.20. The van der Waals surface area contributed by atoms with Gasteiger partial charge in [-0.25, -0.2) is 9.18 Å². The Morgan fingerprint density at radius 2 is 1.86 bits per heavy atom. The van der Waals surface area contributed by atoms with Crippen molar-refractivity contribution >= 4 is 17.6 Å². The van der Waals surface area contributed by atoms with E-state index in [9.17, 15) is 14.0 Å². The Morgan fingerprint density at radius 3 is 2.64 bits per heavy atom. The normalized spacial score (nSPS) is 12.2. The number of fused-ring (bicyclic) bond motifs is 1. The molecule has 2 N–H and O–H groups in total. The second kappa shape index (κ2) is 5.85. The molecule has 0 atom stereocenters. The smallest absolute Gasteiger partial charge is 0.326 e. The number of urea groups is 1. The van der Waals surface area contributed by atoms with Crippen LogP contribution in [0, 0.1) is 5.82 Å². The van der Waals surface area contributed by atoms with Crippen molar-refractivity contribution in [1.29, 1.82) is 0 Å². The van der Waals surface area contributed by atoms with Crippen LogP contribution in [0.2, 0.25) is 0 Å². The van der Waals surface area contributed by atoms with Crippen LogP contribution in [-0.4, -0.2) is 18.5 Å². The molecule has 0 radical (unpaired) electrons. The highest BCUT2D eigenvalue weighted by atomic mass is 19.1. The van der Waals surface area contributed by atoms with Crippen LogP contribution in [0.4, 0.5) is 14.9 Å². The SMILES string of the molecule is O=C(NC(=O)c1ccc2c(c1)CCO2)Nc1ccc(F)cc1. The maximum absolute atomic E-state index is 12.8. The molecule has 0 unspecified atom stereocenters. The maximum Gasteiger partial charge on any atom is 0.326 e. The second-order valence-electron chi connectivity index (χ2n) is 4.84. The third-order valence-corrected chi connectivity index (χ3v) is 3.28. The summed E-state index contributed by atoms with van der Waals surface area (Å²) in [5, 5.41) is 4.69. The number of rotatable bonds is 2. The Bertz CT molecular complexity index is 729. The topological polar surface area (TPSA) is 67.4 Å². The van der Waals surface area contributed by atoms with E-state index in [2.05, 4.69) is 10.6 Å². The highest BCUT2D eigenvalue weighted by molar-refractivity contribution is 6.08. The summed E-state index contributed by atoms with van der Waals surface area (Å²) in [5.74, 6) is -0.135. The third kappa shape index (κ3) is 3.06. The molecule has 22 heavy (non-hydrogen) atoms. The number of halogens is 1. The molecule has 5 nitrogen and oxygen atoms in total. The number of nitrogens with one attached hydrogen (secondary N) is 2. The quantitative estimate of drug-likeness (QED) is 0.896. The molecule has 0 fully saturated rings. The van der Waals surface area contributed by atoms with Crippen LogP contribution in [0.1, 0.15) is 15.9 Å². The van der Waals surface area contributed by atoms with Crippen LogP contribution in [-0.2, 0) is 6.42 Å². The molecule has 0 spiro atoms. The van der Waals surface area contributed by atoms with Crippen molar-refractivity contribution in [1.82, 2.24) is 5.32 Å². The Labute approximate surface area is 126 Å². The lowest BCUT2D eigenvalue weighted by atomic mass is 10.1. The number of amides is 3. The molecule has 0 saturated heterocycles. The van der Waals surface area contributed by atoms with Crippen molar-refractivity contribution in [2.24, 2.45) is 0 Å². The van der Waals surface area contributed by atoms with Gasteiger partial charge in [0.15, 0.2) is 0 Å².